The van der Waals surface area contributed by atoms with Gasteiger partial charge < -0.3 is 5.73 Å². The molecule has 0 radical (unpaired) electrons. The summed E-state index contributed by atoms with van der Waals surface area (Å²) in [6, 6.07) is 3.27. The van der Waals surface area contributed by atoms with Gasteiger partial charge in [0.05, 0.1) is 4.90 Å². The summed E-state index contributed by atoms with van der Waals surface area (Å²) in [7, 11) is -3.56. The van der Waals surface area contributed by atoms with Gasteiger partial charge in [-0.25, -0.2) is 8.42 Å². The molecule has 0 saturated carbocycles. The van der Waals surface area contributed by atoms with Crippen molar-refractivity contribution >= 4 is 27.3 Å². The number of benzene rings is 1. The van der Waals surface area contributed by atoms with E-state index in [0.29, 0.717) is 29.4 Å². The van der Waals surface area contributed by atoms with Crippen LogP contribution in [0.1, 0.15) is 19.4 Å². The minimum absolute atomic E-state index is 0.204. The highest BCUT2D eigenvalue weighted by atomic mass is 35.5. The van der Waals surface area contributed by atoms with Gasteiger partial charge in [0.15, 0.2) is 0 Å². The first-order valence-corrected chi connectivity index (χ1v) is 8.89. The molecule has 5 nitrogen and oxygen atoms in total. The number of rotatable bonds is 3. The van der Waals surface area contributed by atoms with E-state index in [1.54, 1.807) is 13.0 Å². The van der Waals surface area contributed by atoms with E-state index in [2.05, 4.69) is 11.8 Å². The molecule has 1 atom stereocenters. The van der Waals surface area contributed by atoms with Crippen LogP contribution in [0.15, 0.2) is 17.0 Å². The summed E-state index contributed by atoms with van der Waals surface area (Å²) in [6.45, 7) is 8.50. The molecule has 1 aliphatic heterocycles. The lowest BCUT2D eigenvalue weighted by Gasteiger charge is -2.38. The van der Waals surface area contributed by atoms with Crippen molar-refractivity contribution in [3.05, 3.63) is 22.7 Å². The second-order valence-corrected chi connectivity index (χ2v) is 7.80. The van der Waals surface area contributed by atoms with Crippen LogP contribution in [0.3, 0.4) is 0 Å². The van der Waals surface area contributed by atoms with Gasteiger partial charge in [-0.3, -0.25) is 4.90 Å². The summed E-state index contributed by atoms with van der Waals surface area (Å²) in [4.78, 5) is 2.48. The van der Waals surface area contributed by atoms with Crippen molar-refractivity contribution in [3.63, 3.8) is 0 Å². The number of halogens is 1. The molecular weight excluding hydrogens is 310 g/mol. The van der Waals surface area contributed by atoms with Gasteiger partial charge in [0, 0.05) is 36.4 Å². The van der Waals surface area contributed by atoms with E-state index in [-0.39, 0.29) is 10.9 Å². The van der Waals surface area contributed by atoms with E-state index in [1.165, 1.54) is 10.4 Å². The Morgan fingerprint density at radius 1 is 1.38 bits per heavy atom. The molecule has 1 aliphatic rings. The summed E-state index contributed by atoms with van der Waals surface area (Å²) in [5.74, 6) is 0. The fourth-order valence-electron chi connectivity index (χ4n) is 2.73. The Bertz CT molecular complexity index is 633. The average molecular weight is 332 g/mol. The molecule has 1 unspecified atom stereocenters. The molecule has 2 N–H and O–H groups in total. The second kappa shape index (κ2) is 6.12. The number of piperazine rings is 1. The minimum atomic E-state index is -3.56. The lowest BCUT2D eigenvalue weighted by atomic mass is 10.2. The van der Waals surface area contributed by atoms with Crippen molar-refractivity contribution in [1.82, 2.24) is 9.21 Å². The van der Waals surface area contributed by atoms with Crippen LogP contribution in [0.4, 0.5) is 5.69 Å². The van der Waals surface area contributed by atoms with Crippen molar-refractivity contribution in [3.8, 4) is 0 Å². The number of likely N-dealkylation sites (N-methyl/N-ethyl adjacent to an activating group) is 1. The fraction of sp³-hybridized carbons (Fsp3) is 0.571. The third-order valence-corrected chi connectivity index (χ3v) is 6.33. The maximum absolute atomic E-state index is 12.8. The molecule has 1 heterocycles. The van der Waals surface area contributed by atoms with Crippen LogP contribution in [-0.4, -0.2) is 49.8 Å². The number of nitrogens with zero attached hydrogens (tertiary/aromatic N) is 2. The molecule has 0 aromatic heterocycles. The SMILES string of the molecule is CCN1CCN(S(=O)(=O)c2cc(Cl)cc(N)c2C)CC1C. The van der Waals surface area contributed by atoms with Gasteiger partial charge in [0.2, 0.25) is 10.0 Å². The van der Waals surface area contributed by atoms with Crippen molar-refractivity contribution in [2.75, 3.05) is 31.9 Å². The van der Waals surface area contributed by atoms with Crippen LogP contribution < -0.4 is 5.73 Å². The Labute approximate surface area is 131 Å². The first kappa shape index (κ1) is 16.5. The number of nitrogens with two attached hydrogens (primary N) is 1. The first-order valence-electron chi connectivity index (χ1n) is 7.07. The fourth-order valence-corrected chi connectivity index (χ4v) is 4.82. The van der Waals surface area contributed by atoms with E-state index in [4.69, 9.17) is 17.3 Å². The van der Waals surface area contributed by atoms with E-state index in [9.17, 15) is 8.42 Å². The van der Waals surface area contributed by atoms with Gasteiger partial charge in [-0.05, 0) is 38.1 Å². The quantitative estimate of drug-likeness (QED) is 0.860. The van der Waals surface area contributed by atoms with Crippen molar-refractivity contribution in [2.24, 2.45) is 0 Å². The van der Waals surface area contributed by atoms with Gasteiger partial charge in [0.1, 0.15) is 0 Å². The number of sulfonamides is 1. The largest absolute Gasteiger partial charge is 0.398 e. The summed E-state index contributed by atoms with van der Waals surface area (Å²) >= 11 is 5.97. The molecule has 1 aromatic rings. The molecule has 1 aromatic carbocycles. The molecule has 21 heavy (non-hydrogen) atoms. The van der Waals surface area contributed by atoms with E-state index in [1.807, 2.05) is 6.92 Å². The number of nitrogen functional groups attached to an aromatic ring is 1. The lowest BCUT2D eigenvalue weighted by molar-refractivity contribution is 0.135. The topological polar surface area (TPSA) is 66.6 Å². The third-order valence-electron chi connectivity index (χ3n) is 4.12. The van der Waals surface area contributed by atoms with Crippen molar-refractivity contribution < 1.29 is 8.42 Å². The number of anilines is 1. The molecule has 7 heteroatoms. The predicted molar refractivity (Wildman–Crippen MR) is 86.1 cm³/mol. The third kappa shape index (κ3) is 3.18. The molecule has 118 valence electrons. The van der Waals surface area contributed by atoms with Crippen LogP contribution in [-0.2, 0) is 10.0 Å². The molecule has 0 aliphatic carbocycles. The van der Waals surface area contributed by atoms with E-state index in [0.717, 1.165) is 13.1 Å². The maximum atomic E-state index is 12.8. The Morgan fingerprint density at radius 3 is 2.62 bits per heavy atom. The van der Waals surface area contributed by atoms with Crippen LogP contribution >= 0.6 is 11.6 Å². The van der Waals surface area contributed by atoms with Crippen LogP contribution in [0.2, 0.25) is 5.02 Å². The van der Waals surface area contributed by atoms with Gasteiger partial charge in [-0.15, -0.1) is 0 Å². The molecule has 0 spiro atoms. The highest BCUT2D eigenvalue weighted by Gasteiger charge is 2.33. The van der Waals surface area contributed by atoms with Crippen molar-refractivity contribution in [2.45, 2.75) is 31.7 Å². The van der Waals surface area contributed by atoms with Crippen LogP contribution in [0.25, 0.3) is 0 Å². The Hall–Kier alpha value is -0.820. The number of hydrogen-bond acceptors (Lipinski definition) is 4. The van der Waals surface area contributed by atoms with Crippen molar-refractivity contribution in [1.29, 1.82) is 0 Å². The molecule has 1 fully saturated rings. The van der Waals surface area contributed by atoms with Crippen LogP contribution in [0.5, 0.6) is 0 Å². The highest BCUT2D eigenvalue weighted by molar-refractivity contribution is 7.89. The number of hydrogen-bond donors (Lipinski definition) is 1. The predicted octanol–water partition coefficient (Wildman–Crippen LogP) is 1.95. The van der Waals surface area contributed by atoms with E-state index < -0.39 is 10.0 Å². The molecule has 2 rings (SSSR count). The van der Waals surface area contributed by atoms with Gasteiger partial charge in [-0.2, -0.15) is 4.31 Å². The first-order chi connectivity index (χ1) is 9.77. The average Bonchev–Trinajstić information content (AvgIpc) is 2.42. The molecule has 1 saturated heterocycles. The monoisotopic (exact) mass is 331 g/mol. The van der Waals surface area contributed by atoms with Gasteiger partial charge >= 0.3 is 0 Å². The van der Waals surface area contributed by atoms with Gasteiger partial charge in [0.25, 0.3) is 0 Å². The normalized spacial score (nSPS) is 21.6. The summed E-state index contributed by atoms with van der Waals surface area (Å²) in [6.07, 6.45) is 0. The van der Waals surface area contributed by atoms with E-state index >= 15 is 0 Å². The highest BCUT2D eigenvalue weighted by Crippen LogP contribution is 2.29. The zero-order valence-electron chi connectivity index (χ0n) is 12.6. The Morgan fingerprint density at radius 2 is 2.05 bits per heavy atom. The summed E-state index contributed by atoms with van der Waals surface area (Å²) < 4.78 is 27.2. The van der Waals surface area contributed by atoms with Gasteiger partial charge in [-0.1, -0.05) is 18.5 Å². The molecule has 0 amide bonds. The zero-order valence-corrected chi connectivity index (χ0v) is 14.2. The standard InChI is InChI=1S/C14H22ClN3O2S/c1-4-17-5-6-18(9-10(17)2)21(19,20)14-8-12(15)7-13(16)11(14)3/h7-8,10H,4-6,9,16H2,1-3H3. The summed E-state index contributed by atoms with van der Waals surface area (Å²) in [5, 5.41) is 0.344. The second-order valence-electron chi connectivity index (χ2n) is 5.46. The van der Waals surface area contributed by atoms with Crippen LogP contribution in [0, 0.1) is 6.92 Å². The minimum Gasteiger partial charge on any atom is -0.398 e. The molecular formula is C14H22ClN3O2S. The summed E-state index contributed by atoms with van der Waals surface area (Å²) in [5.41, 5.74) is 6.81. The molecule has 0 bridgehead atoms. The Balaban J connectivity index is 2.36. The lowest BCUT2D eigenvalue weighted by Crippen LogP contribution is -2.53. The maximum Gasteiger partial charge on any atom is 0.243 e. The smallest absolute Gasteiger partial charge is 0.243 e. The Kier molecular flexibility index (Phi) is 4.82. The zero-order chi connectivity index (χ0) is 15.8.